The second-order valence-corrected chi connectivity index (χ2v) is 7.75. The van der Waals surface area contributed by atoms with E-state index in [2.05, 4.69) is 61.0 Å². The average Bonchev–Trinajstić information content (AvgIpc) is 3.21. The van der Waals surface area contributed by atoms with Gasteiger partial charge in [-0.1, -0.05) is 12.1 Å². The molecule has 1 aromatic carbocycles. The summed E-state index contributed by atoms with van der Waals surface area (Å²) in [6.07, 6.45) is 3.51. The lowest BCUT2D eigenvalue weighted by Gasteiger charge is -2.25. The molecule has 1 aromatic heterocycles. The molecule has 3 heterocycles. The van der Waals surface area contributed by atoms with Crippen LogP contribution in [-0.4, -0.2) is 29.6 Å². The van der Waals surface area contributed by atoms with Crippen molar-refractivity contribution in [3.63, 3.8) is 0 Å². The normalized spacial score (nSPS) is 21.2. The molecule has 132 valence electrons. The Morgan fingerprint density at radius 3 is 2.80 bits per heavy atom. The Balaban J connectivity index is 1.41. The van der Waals surface area contributed by atoms with Gasteiger partial charge in [0.15, 0.2) is 0 Å². The van der Waals surface area contributed by atoms with Crippen LogP contribution in [-0.2, 0) is 12.8 Å². The Bertz CT molecular complexity index is 750. The molecule has 25 heavy (non-hydrogen) atoms. The van der Waals surface area contributed by atoms with Crippen LogP contribution in [0.1, 0.15) is 47.5 Å². The molecular formula is C22H28N2O. The van der Waals surface area contributed by atoms with Crippen LogP contribution in [0.4, 0.5) is 0 Å². The van der Waals surface area contributed by atoms with Gasteiger partial charge in [0.2, 0.25) is 0 Å². The van der Waals surface area contributed by atoms with Crippen LogP contribution in [0.2, 0.25) is 0 Å². The minimum absolute atomic E-state index is 0.459. The largest absolute Gasteiger partial charge is 0.493 e. The molecule has 0 bridgehead atoms. The molecule has 2 atom stereocenters. The summed E-state index contributed by atoms with van der Waals surface area (Å²) in [6.45, 7) is 9.72. The molecule has 0 radical (unpaired) electrons. The average molecular weight is 336 g/mol. The molecule has 4 rings (SSSR count). The molecule has 2 aliphatic rings. The first-order valence-corrected chi connectivity index (χ1v) is 9.52. The molecule has 0 aliphatic carbocycles. The molecule has 3 heteroatoms. The zero-order chi connectivity index (χ0) is 17.4. The summed E-state index contributed by atoms with van der Waals surface area (Å²) in [5, 5.41) is 0. The number of likely N-dealkylation sites (tertiary alicyclic amines) is 1. The molecule has 0 amide bonds. The van der Waals surface area contributed by atoms with Crippen molar-refractivity contribution in [1.29, 1.82) is 0 Å². The van der Waals surface area contributed by atoms with Crippen molar-refractivity contribution in [2.24, 2.45) is 5.92 Å². The second kappa shape index (κ2) is 6.80. The highest BCUT2D eigenvalue weighted by Gasteiger charge is 2.27. The van der Waals surface area contributed by atoms with Gasteiger partial charge in [0.05, 0.1) is 6.61 Å². The van der Waals surface area contributed by atoms with Gasteiger partial charge in [-0.05, 0) is 81.0 Å². The van der Waals surface area contributed by atoms with E-state index < -0.39 is 0 Å². The zero-order valence-electron chi connectivity index (χ0n) is 15.6. The van der Waals surface area contributed by atoms with Crippen molar-refractivity contribution in [3.8, 4) is 5.75 Å². The quantitative estimate of drug-likeness (QED) is 0.834. The molecule has 0 N–H and O–H groups in total. The van der Waals surface area contributed by atoms with E-state index in [-0.39, 0.29) is 0 Å². The molecule has 1 fully saturated rings. The highest BCUT2D eigenvalue weighted by atomic mass is 16.5. The number of nitrogens with zero attached hydrogens (tertiary/aromatic N) is 2. The zero-order valence-corrected chi connectivity index (χ0v) is 15.6. The maximum absolute atomic E-state index is 5.75. The van der Waals surface area contributed by atoms with E-state index in [1.807, 2.05) is 0 Å². The van der Waals surface area contributed by atoms with E-state index in [0.717, 1.165) is 36.1 Å². The van der Waals surface area contributed by atoms with Crippen LogP contribution in [0.15, 0.2) is 30.3 Å². The fourth-order valence-corrected chi connectivity index (χ4v) is 4.41. The molecule has 1 unspecified atom stereocenters. The Kier molecular flexibility index (Phi) is 4.51. The van der Waals surface area contributed by atoms with Crippen LogP contribution in [0.3, 0.4) is 0 Å². The summed E-state index contributed by atoms with van der Waals surface area (Å²) in [4.78, 5) is 7.13. The lowest BCUT2D eigenvalue weighted by atomic mass is 9.98. The number of rotatable bonds is 4. The van der Waals surface area contributed by atoms with Crippen molar-refractivity contribution in [3.05, 3.63) is 58.4 Å². The Labute approximate surface area is 151 Å². The molecule has 2 aliphatic heterocycles. The van der Waals surface area contributed by atoms with Gasteiger partial charge in [-0.15, -0.1) is 0 Å². The Morgan fingerprint density at radius 1 is 1.20 bits per heavy atom. The predicted molar refractivity (Wildman–Crippen MR) is 101 cm³/mol. The van der Waals surface area contributed by atoms with Gasteiger partial charge in [0.25, 0.3) is 0 Å². The molecular weight excluding hydrogens is 308 g/mol. The van der Waals surface area contributed by atoms with Gasteiger partial charge in [-0.25, -0.2) is 0 Å². The van der Waals surface area contributed by atoms with Crippen molar-refractivity contribution < 1.29 is 4.74 Å². The standard InChI is InChI=1S/C22H28N2O/c1-15-10-19(11-16(2)23-15)12-18-6-8-24(14-18)17(3)21-5-4-20-7-9-25-22(20)13-21/h4-5,10-11,13,17-18H,6-9,12,14H2,1-3H3/t17?,18-/m1/s1. The number of hydrogen-bond donors (Lipinski definition) is 0. The summed E-state index contributed by atoms with van der Waals surface area (Å²) in [6, 6.07) is 11.8. The smallest absolute Gasteiger partial charge is 0.122 e. The third kappa shape index (κ3) is 3.57. The lowest BCUT2D eigenvalue weighted by Crippen LogP contribution is -2.25. The first-order valence-electron chi connectivity index (χ1n) is 9.52. The summed E-state index contributed by atoms with van der Waals surface area (Å²) in [5.74, 6) is 1.84. The van der Waals surface area contributed by atoms with Gasteiger partial charge >= 0.3 is 0 Å². The maximum atomic E-state index is 5.75. The summed E-state index contributed by atoms with van der Waals surface area (Å²) in [7, 11) is 0. The van der Waals surface area contributed by atoms with Gasteiger partial charge in [0.1, 0.15) is 5.75 Å². The number of aryl methyl sites for hydroxylation is 2. The van der Waals surface area contributed by atoms with Gasteiger partial charge in [-0.3, -0.25) is 9.88 Å². The second-order valence-electron chi connectivity index (χ2n) is 7.75. The van der Waals surface area contributed by atoms with Crippen molar-refractivity contribution >= 4 is 0 Å². The van der Waals surface area contributed by atoms with E-state index in [0.29, 0.717) is 6.04 Å². The van der Waals surface area contributed by atoms with Crippen molar-refractivity contribution in [2.75, 3.05) is 19.7 Å². The molecule has 2 aromatic rings. The highest BCUT2D eigenvalue weighted by molar-refractivity contribution is 5.41. The third-order valence-corrected chi connectivity index (χ3v) is 5.73. The number of fused-ring (bicyclic) bond motifs is 1. The molecule has 0 saturated carbocycles. The SMILES string of the molecule is Cc1cc(C[C@H]2CCN(C(C)c3ccc4c(c3)OCC4)C2)cc(C)n1. The first-order chi connectivity index (χ1) is 12.1. The number of benzene rings is 1. The number of pyridine rings is 1. The van der Waals surface area contributed by atoms with Gasteiger partial charge < -0.3 is 4.74 Å². The Hall–Kier alpha value is -1.87. The minimum Gasteiger partial charge on any atom is -0.493 e. The summed E-state index contributed by atoms with van der Waals surface area (Å²) < 4.78 is 5.75. The molecule has 1 saturated heterocycles. The fourth-order valence-electron chi connectivity index (χ4n) is 4.41. The third-order valence-electron chi connectivity index (χ3n) is 5.73. The van der Waals surface area contributed by atoms with E-state index in [4.69, 9.17) is 4.74 Å². The van der Waals surface area contributed by atoms with E-state index in [1.54, 1.807) is 0 Å². The van der Waals surface area contributed by atoms with E-state index in [1.165, 1.54) is 42.6 Å². The van der Waals surface area contributed by atoms with Crippen LogP contribution in [0, 0.1) is 19.8 Å². The molecule has 3 nitrogen and oxygen atoms in total. The first kappa shape index (κ1) is 16.6. The monoisotopic (exact) mass is 336 g/mol. The number of hydrogen-bond acceptors (Lipinski definition) is 3. The Morgan fingerprint density at radius 2 is 2.00 bits per heavy atom. The van der Waals surface area contributed by atoms with Crippen molar-refractivity contribution in [2.45, 2.75) is 46.1 Å². The maximum Gasteiger partial charge on any atom is 0.122 e. The van der Waals surface area contributed by atoms with Crippen molar-refractivity contribution in [1.82, 2.24) is 9.88 Å². The van der Waals surface area contributed by atoms with Crippen LogP contribution in [0.5, 0.6) is 5.75 Å². The fraction of sp³-hybridized carbons (Fsp3) is 0.500. The number of ether oxygens (including phenoxy) is 1. The van der Waals surface area contributed by atoms with Gasteiger partial charge in [0, 0.05) is 30.4 Å². The van der Waals surface area contributed by atoms with Crippen LogP contribution in [0.25, 0.3) is 0 Å². The van der Waals surface area contributed by atoms with E-state index in [9.17, 15) is 0 Å². The van der Waals surface area contributed by atoms with Crippen LogP contribution < -0.4 is 4.74 Å². The minimum atomic E-state index is 0.459. The predicted octanol–water partition coefficient (Wildman–Crippen LogP) is 4.26. The summed E-state index contributed by atoms with van der Waals surface area (Å²) in [5.41, 5.74) is 6.46. The van der Waals surface area contributed by atoms with Crippen LogP contribution >= 0.6 is 0 Å². The molecule has 0 spiro atoms. The number of aromatic nitrogens is 1. The lowest BCUT2D eigenvalue weighted by molar-refractivity contribution is 0.252. The highest BCUT2D eigenvalue weighted by Crippen LogP contribution is 2.33. The van der Waals surface area contributed by atoms with Gasteiger partial charge in [-0.2, -0.15) is 0 Å². The summed E-state index contributed by atoms with van der Waals surface area (Å²) >= 11 is 0. The van der Waals surface area contributed by atoms with E-state index >= 15 is 0 Å². The topological polar surface area (TPSA) is 25.4 Å².